The monoisotopic (exact) mass is 261 g/mol. The van der Waals surface area contributed by atoms with Gasteiger partial charge in [-0.15, -0.1) is 0 Å². The first-order valence-electron chi connectivity index (χ1n) is 7.05. The van der Waals surface area contributed by atoms with Gasteiger partial charge in [0.2, 0.25) is 0 Å². The van der Waals surface area contributed by atoms with E-state index in [9.17, 15) is 4.79 Å². The number of hydrogen-bond acceptors (Lipinski definition) is 2. The molecule has 1 fully saturated rings. The molecule has 0 atom stereocenters. The minimum atomic E-state index is -0.132. The number of urea groups is 1. The molecule has 104 valence electrons. The van der Waals surface area contributed by atoms with Crippen molar-refractivity contribution in [1.82, 2.24) is 5.32 Å². The standard InChI is InChI=1S/C15H23N3O/c1-12(2)11-16-15(19)17-13-6-5-7-14(10-13)18-8-3-4-9-18/h5-7,10,12H,3-4,8-9,11H2,1-2H3,(H2,16,17,19). The lowest BCUT2D eigenvalue weighted by Crippen LogP contribution is -2.31. The zero-order valence-electron chi connectivity index (χ0n) is 11.8. The smallest absolute Gasteiger partial charge is 0.319 e. The SMILES string of the molecule is CC(C)CNC(=O)Nc1cccc(N2CCCC2)c1. The molecule has 1 aliphatic heterocycles. The van der Waals surface area contributed by atoms with Crippen LogP contribution in [0, 0.1) is 5.92 Å². The molecule has 4 heteroatoms. The molecule has 2 N–H and O–H groups in total. The molecule has 1 heterocycles. The Balaban J connectivity index is 1.93. The highest BCUT2D eigenvalue weighted by Gasteiger charge is 2.12. The van der Waals surface area contributed by atoms with Crippen molar-refractivity contribution in [3.8, 4) is 0 Å². The fourth-order valence-corrected chi connectivity index (χ4v) is 2.23. The van der Waals surface area contributed by atoms with Crippen molar-refractivity contribution in [3.05, 3.63) is 24.3 Å². The van der Waals surface area contributed by atoms with Crippen molar-refractivity contribution in [2.75, 3.05) is 29.9 Å². The summed E-state index contributed by atoms with van der Waals surface area (Å²) < 4.78 is 0. The molecule has 1 aromatic carbocycles. The highest BCUT2D eigenvalue weighted by molar-refractivity contribution is 5.89. The Hall–Kier alpha value is -1.71. The normalized spacial score (nSPS) is 14.8. The number of hydrogen-bond donors (Lipinski definition) is 2. The molecular weight excluding hydrogens is 238 g/mol. The second kappa shape index (κ2) is 6.45. The van der Waals surface area contributed by atoms with E-state index in [4.69, 9.17) is 0 Å². The van der Waals surface area contributed by atoms with Crippen molar-refractivity contribution in [3.63, 3.8) is 0 Å². The number of carbonyl (C=O) groups excluding carboxylic acids is 1. The number of benzene rings is 1. The lowest BCUT2D eigenvalue weighted by molar-refractivity contribution is 0.251. The van der Waals surface area contributed by atoms with E-state index in [0.29, 0.717) is 12.5 Å². The van der Waals surface area contributed by atoms with E-state index in [-0.39, 0.29) is 6.03 Å². The van der Waals surface area contributed by atoms with Crippen molar-refractivity contribution >= 4 is 17.4 Å². The van der Waals surface area contributed by atoms with Crippen LogP contribution in [0.3, 0.4) is 0 Å². The second-order valence-electron chi connectivity index (χ2n) is 5.47. The minimum absolute atomic E-state index is 0.132. The van der Waals surface area contributed by atoms with Crippen molar-refractivity contribution < 1.29 is 4.79 Å². The van der Waals surface area contributed by atoms with E-state index in [1.165, 1.54) is 18.5 Å². The van der Waals surface area contributed by atoms with Gasteiger partial charge in [-0.25, -0.2) is 4.79 Å². The van der Waals surface area contributed by atoms with E-state index in [1.807, 2.05) is 18.2 Å². The Morgan fingerprint density at radius 3 is 2.74 bits per heavy atom. The zero-order chi connectivity index (χ0) is 13.7. The Morgan fingerprint density at radius 2 is 2.05 bits per heavy atom. The van der Waals surface area contributed by atoms with E-state index < -0.39 is 0 Å². The van der Waals surface area contributed by atoms with Crippen LogP contribution in [-0.4, -0.2) is 25.7 Å². The van der Waals surface area contributed by atoms with Gasteiger partial charge in [-0.2, -0.15) is 0 Å². The first kappa shape index (κ1) is 13.7. The van der Waals surface area contributed by atoms with Crippen LogP contribution >= 0.6 is 0 Å². The molecule has 1 aromatic rings. The van der Waals surface area contributed by atoms with Crippen LogP contribution in [0.4, 0.5) is 16.2 Å². The largest absolute Gasteiger partial charge is 0.371 e. The fraction of sp³-hybridized carbons (Fsp3) is 0.533. The molecular formula is C15H23N3O. The van der Waals surface area contributed by atoms with Crippen LogP contribution in [0.5, 0.6) is 0 Å². The summed E-state index contributed by atoms with van der Waals surface area (Å²) in [4.78, 5) is 14.1. The van der Waals surface area contributed by atoms with Gasteiger partial charge in [-0.05, 0) is 37.0 Å². The minimum Gasteiger partial charge on any atom is -0.371 e. The van der Waals surface area contributed by atoms with Gasteiger partial charge in [0.05, 0.1) is 0 Å². The van der Waals surface area contributed by atoms with E-state index >= 15 is 0 Å². The Morgan fingerprint density at radius 1 is 1.32 bits per heavy atom. The summed E-state index contributed by atoms with van der Waals surface area (Å²) in [6, 6.07) is 7.93. The molecule has 0 spiro atoms. The van der Waals surface area contributed by atoms with E-state index in [1.54, 1.807) is 0 Å². The summed E-state index contributed by atoms with van der Waals surface area (Å²) in [5, 5.41) is 5.74. The summed E-state index contributed by atoms with van der Waals surface area (Å²) in [6.07, 6.45) is 2.51. The van der Waals surface area contributed by atoms with Gasteiger partial charge in [0.15, 0.2) is 0 Å². The van der Waals surface area contributed by atoms with Crippen molar-refractivity contribution in [2.45, 2.75) is 26.7 Å². The van der Waals surface area contributed by atoms with Crippen LogP contribution in [0.2, 0.25) is 0 Å². The number of rotatable bonds is 4. The van der Waals surface area contributed by atoms with Crippen LogP contribution in [0.15, 0.2) is 24.3 Å². The maximum atomic E-state index is 11.7. The number of anilines is 2. The van der Waals surface area contributed by atoms with E-state index in [2.05, 4.69) is 35.4 Å². The summed E-state index contributed by atoms with van der Waals surface area (Å²) >= 11 is 0. The van der Waals surface area contributed by atoms with Crippen molar-refractivity contribution in [2.24, 2.45) is 5.92 Å². The molecule has 1 aliphatic rings. The van der Waals surface area contributed by atoms with Gasteiger partial charge in [-0.3, -0.25) is 0 Å². The predicted octanol–water partition coefficient (Wildman–Crippen LogP) is 3.06. The third kappa shape index (κ3) is 4.16. The van der Waals surface area contributed by atoms with Gasteiger partial charge in [0.1, 0.15) is 0 Å². The lowest BCUT2D eigenvalue weighted by atomic mass is 10.2. The molecule has 4 nitrogen and oxygen atoms in total. The third-order valence-electron chi connectivity index (χ3n) is 3.25. The summed E-state index contributed by atoms with van der Waals surface area (Å²) in [5.41, 5.74) is 2.05. The van der Waals surface area contributed by atoms with Crippen LogP contribution in [0.1, 0.15) is 26.7 Å². The molecule has 2 amide bonds. The van der Waals surface area contributed by atoms with Crippen LogP contribution in [0.25, 0.3) is 0 Å². The Labute approximate surface area is 115 Å². The molecule has 0 saturated carbocycles. The molecule has 0 aliphatic carbocycles. The lowest BCUT2D eigenvalue weighted by Gasteiger charge is -2.18. The molecule has 2 rings (SSSR count). The van der Waals surface area contributed by atoms with Gasteiger partial charge in [0, 0.05) is 31.0 Å². The topological polar surface area (TPSA) is 44.4 Å². The first-order chi connectivity index (χ1) is 9.15. The Kier molecular flexibility index (Phi) is 4.66. The molecule has 0 aromatic heterocycles. The van der Waals surface area contributed by atoms with Gasteiger partial charge in [-0.1, -0.05) is 19.9 Å². The molecule has 0 radical (unpaired) electrons. The quantitative estimate of drug-likeness (QED) is 0.875. The number of nitrogens with zero attached hydrogens (tertiary/aromatic N) is 1. The Bertz CT molecular complexity index is 425. The number of carbonyl (C=O) groups is 1. The number of amides is 2. The molecule has 19 heavy (non-hydrogen) atoms. The summed E-state index contributed by atoms with van der Waals surface area (Å²) in [6.45, 7) is 7.08. The highest BCUT2D eigenvalue weighted by Crippen LogP contribution is 2.23. The maximum Gasteiger partial charge on any atom is 0.319 e. The maximum absolute atomic E-state index is 11.7. The molecule has 0 bridgehead atoms. The van der Waals surface area contributed by atoms with Gasteiger partial charge in [0.25, 0.3) is 0 Å². The number of nitrogens with one attached hydrogen (secondary N) is 2. The van der Waals surface area contributed by atoms with E-state index in [0.717, 1.165) is 18.8 Å². The molecule has 1 saturated heterocycles. The van der Waals surface area contributed by atoms with Crippen LogP contribution in [-0.2, 0) is 0 Å². The summed E-state index contributed by atoms with van der Waals surface area (Å²) in [5.74, 6) is 0.460. The average molecular weight is 261 g/mol. The second-order valence-corrected chi connectivity index (χ2v) is 5.47. The predicted molar refractivity (Wildman–Crippen MR) is 79.7 cm³/mol. The summed E-state index contributed by atoms with van der Waals surface area (Å²) in [7, 11) is 0. The molecule has 0 unspecified atom stereocenters. The van der Waals surface area contributed by atoms with Crippen molar-refractivity contribution in [1.29, 1.82) is 0 Å². The first-order valence-corrected chi connectivity index (χ1v) is 7.05. The highest BCUT2D eigenvalue weighted by atomic mass is 16.2. The van der Waals surface area contributed by atoms with Gasteiger partial charge < -0.3 is 15.5 Å². The average Bonchev–Trinajstić information content (AvgIpc) is 2.90. The van der Waals surface area contributed by atoms with Gasteiger partial charge >= 0.3 is 6.03 Å². The zero-order valence-corrected chi connectivity index (χ0v) is 11.8. The third-order valence-corrected chi connectivity index (χ3v) is 3.25. The fourth-order valence-electron chi connectivity index (χ4n) is 2.23. The van der Waals surface area contributed by atoms with Crippen LogP contribution < -0.4 is 15.5 Å².